The molecule has 0 saturated carbocycles. The normalized spacial score (nSPS) is 11.0. The summed E-state index contributed by atoms with van der Waals surface area (Å²) in [5.41, 5.74) is 7.62. The lowest BCUT2D eigenvalue weighted by atomic mass is 9.99. The van der Waals surface area contributed by atoms with Gasteiger partial charge in [0, 0.05) is 25.6 Å². The summed E-state index contributed by atoms with van der Waals surface area (Å²) in [6, 6.07) is 6.60. The highest BCUT2D eigenvalue weighted by Gasteiger charge is 2.15. The lowest BCUT2D eigenvalue weighted by molar-refractivity contribution is 0.719. The molecule has 0 bridgehead atoms. The summed E-state index contributed by atoms with van der Waals surface area (Å²) in [6.45, 7) is 7.43. The zero-order valence-corrected chi connectivity index (χ0v) is 12.5. The quantitative estimate of drug-likeness (QED) is 0.912. The van der Waals surface area contributed by atoms with Crippen molar-refractivity contribution in [3.8, 4) is 11.3 Å². The fourth-order valence-electron chi connectivity index (χ4n) is 2.53. The van der Waals surface area contributed by atoms with Crippen LogP contribution in [0.3, 0.4) is 0 Å². The standard InChI is InChI=1S/C16H23N3/c1-11-6-7-12(2)14(10-11)16-13(3)15(8-9-17-4)18-19(16)5/h6-7,10,17H,8-9H2,1-5H3. The van der Waals surface area contributed by atoms with Crippen LogP contribution in [0.15, 0.2) is 18.2 Å². The van der Waals surface area contributed by atoms with Crippen LogP contribution in [-0.2, 0) is 13.5 Å². The number of hydrogen-bond donors (Lipinski definition) is 1. The molecule has 19 heavy (non-hydrogen) atoms. The number of aromatic nitrogens is 2. The number of aryl methyl sites for hydroxylation is 3. The molecule has 3 nitrogen and oxygen atoms in total. The van der Waals surface area contributed by atoms with Gasteiger partial charge >= 0.3 is 0 Å². The van der Waals surface area contributed by atoms with Crippen molar-refractivity contribution in [3.63, 3.8) is 0 Å². The monoisotopic (exact) mass is 257 g/mol. The third kappa shape index (κ3) is 2.71. The molecular formula is C16H23N3. The first-order chi connectivity index (χ1) is 9.04. The minimum absolute atomic E-state index is 0.962. The fraction of sp³-hybridized carbons (Fsp3) is 0.438. The summed E-state index contributed by atoms with van der Waals surface area (Å²) in [5, 5.41) is 7.85. The Labute approximate surface area is 115 Å². The van der Waals surface area contributed by atoms with Gasteiger partial charge in [0.05, 0.1) is 11.4 Å². The molecule has 0 aliphatic rings. The number of nitrogens with zero attached hydrogens (tertiary/aromatic N) is 2. The predicted octanol–water partition coefficient (Wildman–Crippen LogP) is 2.77. The Bertz CT molecular complexity index is 582. The molecule has 0 amide bonds. The van der Waals surface area contributed by atoms with Crippen LogP contribution in [0.5, 0.6) is 0 Å². The minimum Gasteiger partial charge on any atom is -0.319 e. The van der Waals surface area contributed by atoms with Crippen molar-refractivity contribution in [2.24, 2.45) is 7.05 Å². The molecule has 0 fully saturated rings. The van der Waals surface area contributed by atoms with Crippen molar-refractivity contribution in [1.29, 1.82) is 0 Å². The molecule has 0 saturated heterocycles. The van der Waals surface area contributed by atoms with Gasteiger partial charge in [0.15, 0.2) is 0 Å². The van der Waals surface area contributed by atoms with E-state index in [9.17, 15) is 0 Å². The zero-order chi connectivity index (χ0) is 14.0. The van der Waals surface area contributed by atoms with Gasteiger partial charge in [0.1, 0.15) is 0 Å². The lowest BCUT2D eigenvalue weighted by Gasteiger charge is -2.09. The average Bonchev–Trinajstić information content (AvgIpc) is 2.65. The molecule has 1 aromatic carbocycles. The maximum absolute atomic E-state index is 4.67. The van der Waals surface area contributed by atoms with E-state index in [2.05, 4.69) is 49.4 Å². The van der Waals surface area contributed by atoms with E-state index in [0.717, 1.165) is 13.0 Å². The SMILES string of the molecule is CNCCc1nn(C)c(-c2cc(C)ccc2C)c1C. The van der Waals surface area contributed by atoms with Crippen LogP contribution in [0.1, 0.15) is 22.4 Å². The van der Waals surface area contributed by atoms with Gasteiger partial charge in [0.2, 0.25) is 0 Å². The highest BCUT2D eigenvalue weighted by atomic mass is 15.3. The van der Waals surface area contributed by atoms with E-state index < -0.39 is 0 Å². The zero-order valence-electron chi connectivity index (χ0n) is 12.5. The topological polar surface area (TPSA) is 29.9 Å². The Morgan fingerprint density at radius 1 is 1.21 bits per heavy atom. The second-order valence-electron chi connectivity index (χ2n) is 5.22. The van der Waals surface area contributed by atoms with Crippen LogP contribution in [0.4, 0.5) is 0 Å². The Hall–Kier alpha value is -1.61. The Kier molecular flexibility index (Phi) is 4.05. The lowest BCUT2D eigenvalue weighted by Crippen LogP contribution is -2.11. The second kappa shape index (κ2) is 5.57. The third-order valence-corrected chi connectivity index (χ3v) is 3.64. The van der Waals surface area contributed by atoms with Crippen LogP contribution >= 0.6 is 0 Å². The number of nitrogens with one attached hydrogen (secondary N) is 1. The molecule has 2 aromatic rings. The van der Waals surface area contributed by atoms with Crippen molar-refractivity contribution in [3.05, 3.63) is 40.6 Å². The molecule has 102 valence electrons. The van der Waals surface area contributed by atoms with Crippen molar-refractivity contribution in [2.75, 3.05) is 13.6 Å². The van der Waals surface area contributed by atoms with Crippen LogP contribution in [0.25, 0.3) is 11.3 Å². The molecule has 2 rings (SSSR count). The van der Waals surface area contributed by atoms with Gasteiger partial charge < -0.3 is 5.32 Å². The molecule has 1 N–H and O–H groups in total. The van der Waals surface area contributed by atoms with Crippen LogP contribution in [0, 0.1) is 20.8 Å². The highest BCUT2D eigenvalue weighted by Crippen LogP contribution is 2.29. The van der Waals surface area contributed by atoms with E-state index in [1.54, 1.807) is 0 Å². The summed E-state index contributed by atoms with van der Waals surface area (Å²) in [6.07, 6.45) is 0.973. The van der Waals surface area contributed by atoms with Gasteiger partial charge in [0.25, 0.3) is 0 Å². The van der Waals surface area contributed by atoms with E-state index in [1.165, 1.54) is 33.6 Å². The number of hydrogen-bond acceptors (Lipinski definition) is 2. The van der Waals surface area contributed by atoms with E-state index >= 15 is 0 Å². The van der Waals surface area contributed by atoms with Gasteiger partial charge in [-0.15, -0.1) is 0 Å². The molecule has 0 spiro atoms. The molecule has 1 heterocycles. The molecule has 0 unspecified atom stereocenters. The van der Waals surface area contributed by atoms with Gasteiger partial charge in [-0.05, 0) is 45.0 Å². The van der Waals surface area contributed by atoms with E-state index in [0.29, 0.717) is 0 Å². The van der Waals surface area contributed by atoms with Crippen LogP contribution in [0.2, 0.25) is 0 Å². The van der Waals surface area contributed by atoms with E-state index in [1.807, 2.05) is 18.8 Å². The van der Waals surface area contributed by atoms with Gasteiger partial charge in [-0.2, -0.15) is 5.10 Å². The summed E-state index contributed by atoms with van der Waals surface area (Å²) < 4.78 is 2.02. The molecule has 3 heteroatoms. The van der Waals surface area contributed by atoms with Crippen LogP contribution in [-0.4, -0.2) is 23.4 Å². The number of benzene rings is 1. The summed E-state index contributed by atoms with van der Waals surface area (Å²) in [7, 11) is 4.01. The smallest absolute Gasteiger partial charge is 0.0713 e. The third-order valence-electron chi connectivity index (χ3n) is 3.64. The summed E-state index contributed by atoms with van der Waals surface area (Å²) in [4.78, 5) is 0. The largest absolute Gasteiger partial charge is 0.319 e. The first kappa shape index (κ1) is 13.8. The maximum atomic E-state index is 4.67. The maximum Gasteiger partial charge on any atom is 0.0713 e. The number of rotatable bonds is 4. The Balaban J connectivity index is 2.50. The summed E-state index contributed by atoms with van der Waals surface area (Å²) >= 11 is 0. The average molecular weight is 257 g/mol. The van der Waals surface area contributed by atoms with Gasteiger partial charge in [-0.3, -0.25) is 4.68 Å². The first-order valence-corrected chi connectivity index (χ1v) is 6.79. The molecule has 1 aromatic heterocycles. The predicted molar refractivity (Wildman–Crippen MR) is 80.5 cm³/mol. The minimum atomic E-state index is 0.962. The molecule has 0 aliphatic carbocycles. The summed E-state index contributed by atoms with van der Waals surface area (Å²) in [5.74, 6) is 0. The molecule has 0 aliphatic heterocycles. The van der Waals surface area contributed by atoms with E-state index in [4.69, 9.17) is 0 Å². The fourth-order valence-corrected chi connectivity index (χ4v) is 2.53. The van der Waals surface area contributed by atoms with Gasteiger partial charge in [-0.1, -0.05) is 17.7 Å². The molecule has 0 radical (unpaired) electrons. The Morgan fingerprint density at radius 2 is 1.95 bits per heavy atom. The molecule has 0 atom stereocenters. The second-order valence-corrected chi connectivity index (χ2v) is 5.22. The molecular weight excluding hydrogens is 234 g/mol. The first-order valence-electron chi connectivity index (χ1n) is 6.79. The van der Waals surface area contributed by atoms with Crippen molar-refractivity contribution in [2.45, 2.75) is 27.2 Å². The van der Waals surface area contributed by atoms with E-state index in [-0.39, 0.29) is 0 Å². The highest BCUT2D eigenvalue weighted by molar-refractivity contribution is 5.68. The van der Waals surface area contributed by atoms with Crippen molar-refractivity contribution >= 4 is 0 Å². The van der Waals surface area contributed by atoms with Gasteiger partial charge in [-0.25, -0.2) is 0 Å². The van der Waals surface area contributed by atoms with Crippen molar-refractivity contribution < 1.29 is 0 Å². The Morgan fingerprint density at radius 3 is 2.63 bits per heavy atom. The van der Waals surface area contributed by atoms with Crippen molar-refractivity contribution in [1.82, 2.24) is 15.1 Å². The van der Waals surface area contributed by atoms with Crippen LogP contribution < -0.4 is 5.32 Å². The number of likely N-dealkylation sites (N-methyl/N-ethyl adjacent to an activating group) is 1.